The van der Waals surface area contributed by atoms with E-state index in [-0.39, 0.29) is 22.4 Å². The molecule has 1 amide bonds. The Hall–Kier alpha value is -2.46. The summed E-state index contributed by atoms with van der Waals surface area (Å²) in [7, 11) is -3.62. The number of carbonyl (C=O) groups is 1. The first-order valence-corrected chi connectivity index (χ1v) is 12.2. The monoisotopic (exact) mass is 496 g/mol. The highest BCUT2D eigenvalue weighted by Crippen LogP contribution is 2.27. The molecule has 0 aliphatic heterocycles. The molecular formula is C21H22Cl2N4O4S. The third-order valence-electron chi connectivity index (χ3n) is 4.46. The van der Waals surface area contributed by atoms with E-state index in [1.54, 1.807) is 18.2 Å². The van der Waals surface area contributed by atoms with Crippen molar-refractivity contribution in [2.45, 2.75) is 31.6 Å². The van der Waals surface area contributed by atoms with Gasteiger partial charge in [-0.3, -0.25) is 10.1 Å². The van der Waals surface area contributed by atoms with Crippen LogP contribution < -0.4 is 5.32 Å². The molecule has 0 aliphatic carbocycles. The zero-order chi connectivity index (χ0) is 23.3. The van der Waals surface area contributed by atoms with Crippen LogP contribution in [0.5, 0.6) is 0 Å². The third-order valence-corrected chi connectivity index (χ3v) is 6.80. The number of anilines is 1. The van der Waals surface area contributed by atoms with Gasteiger partial charge in [-0.25, -0.2) is 8.42 Å². The zero-order valence-corrected chi connectivity index (χ0v) is 19.8. The summed E-state index contributed by atoms with van der Waals surface area (Å²) < 4.78 is 32.6. The Morgan fingerprint density at radius 1 is 1.00 bits per heavy atom. The molecule has 3 rings (SSSR count). The Morgan fingerprint density at radius 2 is 1.59 bits per heavy atom. The van der Waals surface area contributed by atoms with Crippen molar-refractivity contribution < 1.29 is 17.6 Å². The Balaban J connectivity index is 1.73. The lowest BCUT2D eigenvalue weighted by atomic mass is 10.2. The number of nitrogens with one attached hydrogen (secondary N) is 1. The number of halogens is 2. The van der Waals surface area contributed by atoms with E-state index in [9.17, 15) is 13.2 Å². The lowest BCUT2D eigenvalue weighted by Crippen LogP contribution is -2.32. The van der Waals surface area contributed by atoms with Crippen molar-refractivity contribution in [3.8, 4) is 11.5 Å². The highest BCUT2D eigenvalue weighted by atomic mass is 35.5. The largest absolute Gasteiger partial charge is 0.403 e. The maximum absolute atomic E-state index is 12.8. The number of carbonyl (C=O) groups excluding carboxylic acids is 1. The van der Waals surface area contributed by atoms with E-state index in [1.807, 2.05) is 13.8 Å². The van der Waals surface area contributed by atoms with Crippen molar-refractivity contribution in [2.24, 2.45) is 0 Å². The summed E-state index contributed by atoms with van der Waals surface area (Å²) in [6.45, 7) is 4.73. The van der Waals surface area contributed by atoms with Gasteiger partial charge in [-0.2, -0.15) is 4.31 Å². The predicted molar refractivity (Wildman–Crippen MR) is 123 cm³/mol. The molecule has 1 aromatic heterocycles. The van der Waals surface area contributed by atoms with Crippen LogP contribution in [0.2, 0.25) is 10.0 Å². The summed E-state index contributed by atoms with van der Waals surface area (Å²) >= 11 is 12.0. The van der Waals surface area contributed by atoms with Crippen LogP contribution in [0, 0.1) is 0 Å². The Labute approximate surface area is 196 Å². The molecule has 0 fully saturated rings. The van der Waals surface area contributed by atoms with Crippen LogP contribution in [-0.4, -0.2) is 41.9 Å². The van der Waals surface area contributed by atoms with Crippen molar-refractivity contribution in [1.29, 1.82) is 0 Å². The van der Waals surface area contributed by atoms with Crippen LogP contribution in [0.1, 0.15) is 37.0 Å². The van der Waals surface area contributed by atoms with Crippen molar-refractivity contribution in [3.63, 3.8) is 0 Å². The highest BCUT2D eigenvalue weighted by Gasteiger charge is 2.23. The maximum Gasteiger partial charge on any atom is 0.322 e. The summed E-state index contributed by atoms with van der Waals surface area (Å²) in [6.07, 6.45) is 1.43. The molecule has 11 heteroatoms. The molecule has 3 aromatic rings. The van der Waals surface area contributed by atoms with Crippen LogP contribution >= 0.6 is 23.2 Å². The molecule has 0 aliphatic rings. The zero-order valence-electron chi connectivity index (χ0n) is 17.5. The molecule has 0 radical (unpaired) electrons. The standard InChI is InChI=1S/C21H22Cl2N4O4S/c1-3-9-27(10-4-2)32(29,30)18-7-5-14(6-8-18)19(28)24-21-26-25-20(31-21)15-11-16(22)13-17(23)12-15/h5-8,11-13H,3-4,9-10H2,1-2H3,(H,24,26,28). The van der Waals surface area contributed by atoms with Crippen LogP contribution in [-0.2, 0) is 10.0 Å². The molecular weight excluding hydrogens is 475 g/mol. The molecule has 170 valence electrons. The fraction of sp³-hybridized carbons (Fsp3) is 0.286. The second kappa shape index (κ2) is 10.4. The number of amides is 1. The molecule has 1 heterocycles. The number of hydrogen-bond donors (Lipinski definition) is 1. The molecule has 0 bridgehead atoms. The molecule has 0 saturated carbocycles. The van der Waals surface area contributed by atoms with Crippen LogP contribution in [0.4, 0.5) is 6.01 Å². The molecule has 2 aromatic carbocycles. The summed E-state index contributed by atoms with van der Waals surface area (Å²) in [5, 5.41) is 11.0. The van der Waals surface area contributed by atoms with Gasteiger partial charge < -0.3 is 4.42 Å². The average molecular weight is 497 g/mol. The fourth-order valence-electron chi connectivity index (χ4n) is 3.02. The quantitative estimate of drug-likeness (QED) is 0.441. The van der Waals surface area contributed by atoms with E-state index in [0.29, 0.717) is 41.5 Å². The second-order valence-electron chi connectivity index (χ2n) is 6.95. The van der Waals surface area contributed by atoms with E-state index in [1.165, 1.54) is 28.6 Å². The third kappa shape index (κ3) is 5.66. The van der Waals surface area contributed by atoms with E-state index >= 15 is 0 Å². The van der Waals surface area contributed by atoms with Crippen LogP contribution in [0.25, 0.3) is 11.5 Å². The Kier molecular flexibility index (Phi) is 7.89. The van der Waals surface area contributed by atoms with E-state index < -0.39 is 15.9 Å². The normalized spacial score (nSPS) is 11.7. The second-order valence-corrected chi connectivity index (χ2v) is 9.76. The maximum atomic E-state index is 12.8. The summed E-state index contributed by atoms with van der Waals surface area (Å²) in [5.41, 5.74) is 0.751. The van der Waals surface area contributed by atoms with E-state index in [2.05, 4.69) is 15.5 Å². The van der Waals surface area contributed by atoms with Crippen molar-refractivity contribution in [2.75, 3.05) is 18.4 Å². The Morgan fingerprint density at radius 3 is 2.16 bits per heavy atom. The fourth-order valence-corrected chi connectivity index (χ4v) is 5.17. The molecule has 0 spiro atoms. The molecule has 0 saturated heterocycles. The minimum Gasteiger partial charge on any atom is -0.403 e. The summed E-state index contributed by atoms with van der Waals surface area (Å²) in [6, 6.07) is 10.4. The van der Waals surface area contributed by atoms with Crippen molar-refractivity contribution in [1.82, 2.24) is 14.5 Å². The molecule has 0 unspecified atom stereocenters. The number of aromatic nitrogens is 2. The van der Waals surface area contributed by atoms with Gasteiger partial charge in [0.25, 0.3) is 5.91 Å². The van der Waals surface area contributed by atoms with Gasteiger partial charge in [-0.1, -0.05) is 42.1 Å². The molecule has 1 N–H and O–H groups in total. The minimum absolute atomic E-state index is 0.116. The number of rotatable bonds is 9. The van der Waals surface area contributed by atoms with E-state index in [4.69, 9.17) is 27.6 Å². The van der Waals surface area contributed by atoms with Gasteiger partial charge in [-0.15, -0.1) is 5.10 Å². The minimum atomic E-state index is -3.62. The van der Waals surface area contributed by atoms with Gasteiger partial charge in [0.2, 0.25) is 15.9 Å². The first-order valence-electron chi connectivity index (χ1n) is 9.96. The number of nitrogens with zero attached hydrogens (tertiary/aromatic N) is 3. The molecule has 8 nitrogen and oxygen atoms in total. The topological polar surface area (TPSA) is 105 Å². The van der Waals surface area contributed by atoms with Gasteiger partial charge in [0.1, 0.15) is 0 Å². The lowest BCUT2D eigenvalue weighted by Gasteiger charge is -2.21. The summed E-state index contributed by atoms with van der Waals surface area (Å²) in [4.78, 5) is 12.7. The summed E-state index contributed by atoms with van der Waals surface area (Å²) in [5.74, 6) is -0.384. The number of sulfonamides is 1. The van der Waals surface area contributed by atoms with Gasteiger partial charge in [0.15, 0.2) is 0 Å². The highest BCUT2D eigenvalue weighted by molar-refractivity contribution is 7.89. The van der Waals surface area contributed by atoms with Gasteiger partial charge in [0.05, 0.1) is 4.90 Å². The average Bonchev–Trinajstić information content (AvgIpc) is 3.21. The van der Waals surface area contributed by atoms with Crippen molar-refractivity contribution in [3.05, 3.63) is 58.1 Å². The van der Waals surface area contributed by atoms with Crippen LogP contribution in [0.15, 0.2) is 51.8 Å². The molecule has 0 atom stereocenters. The number of benzene rings is 2. The van der Waals surface area contributed by atoms with Gasteiger partial charge in [0, 0.05) is 34.3 Å². The van der Waals surface area contributed by atoms with Gasteiger partial charge in [-0.05, 0) is 55.3 Å². The number of hydrogen-bond acceptors (Lipinski definition) is 6. The SMILES string of the molecule is CCCN(CCC)S(=O)(=O)c1ccc(C(=O)Nc2nnc(-c3cc(Cl)cc(Cl)c3)o2)cc1. The first kappa shape index (κ1) is 24.2. The lowest BCUT2D eigenvalue weighted by molar-refractivity contribution is 0.102. The first-order chi connectivity index (χ1) is 15.2. The Bertz CT molecular complexity index is 1170. The van der Waals surface area contributed by atoms with E-state index in [0.717, 1.165) is 0 Å². The van der Waals surface area contributed by atoms with Crippen LogP contribution in [0.3, 0.4) is 0 Å². The smallest absolute Gasteiger partial charge is 0.322 e. The van der Waals surface area contributed by atoms with Gasteiger partial charge >= 0.3 is 6.01 Å². The molecule has 32 heavy (non-hydrogen) atoms. The predicted octanol–water partition coefficient (Wildman–Crippen LogP) is 5.11. The van der Waals surface area contributed by atoms with Crippen molar-refractivity contribution >= 4 is 45.1 Å².